The van der Waals surface area contributed by atoms with Gasteiger partial charge in [0.15, 0.2) is 17.4 Å². The second-order valence-electron chi connectivity index (χ2n) is 7.21. The number of nitriles is 1. The third-order valence-corrected chi connectivity index (χ3v) is 5.08. The SMILES string of the molecule is CN=C(NCCCc1nn(-c2ccc(F)cc2)c(N)c1C#N)NCc1nnc2ccccn12.I. The van der Waals surface area contributed by atoms with E-state index in [1.54, 1.807) is 19.2 Å². The highest BCUT2D eigenvalue weighted by molar-refractivity contribution is 14.0. The molecule has 34 heavy (non-hydrogen) atoms. The van der Waals surface area contributed by atoms with Crippen LogP contribution in [0.25, 0.3) is 11.3 Å². The van der Waals surface area contributed by atoms with Crippen LogP contribution >= 0.6 is 24.0 Å². The number of halogens is 2. The van der Waals surface area contributed by atoms with Gasteiger partial charge in [-0.3, -0.25) is 9.39 Å². The number of fused-ring (bicyclic) bond motifs is 1. The Morgan fingerprint density at radius 3 is 2.71 bits per heavy atom. The van der Waals surface area contributed by atoms with E-state index < -0.39 is 0 Å². The van der Waals surface area contributed by atoms with Crippen molar-refractivity contribution in [2.75, 3.05) is 19.3 Å². The molecule has 176 valence electrons. The molecule has 0 saturated heterocycles. The van der Waals surface area contributed by atoms with Gasteiger partial charge >= 0.3 is 0 Å². The molecule has 0 bridgehead atoms. The number of aromatic nitrogens is 5. The van der Waals surface area contributed by atoms with Crippen LogP contribution in [0.2, 0.25) is 0 Å². The van der Waals surface area contributed by atoms with Crippen LogP contribution in [0.5, 0.6) is 0 Å². The summed E-state index contributed by atoms with van der Waals surface area (Å²) in [6, 6.07) is 13.6. The van der Waals surface area contributed by atoms with Crippen molar-refractivity contribution >= 4 is 41.4 Å². The topological polar surface area (TPSA) is 134 Å². The smallest absolute Gasteiger partial charge is 0.191 e. The molecule has 0 aliphatic heterocycles. The number of nitrogens with two attached hydrogens (primary N) is 1. The second-order valence-corrected chi connectivity index (χ2v) is 7.21. The molecule has 3 heterocycles. The van der Waals surface area contributed by atoms with Crippen molar-refractivity contribution in [3.8, 4) is 11.8 Å². The number of pyridine rings is 1. The van der Waals surface area contributed by atoms with Crippen molar-refractivity contribution in [1.82, 2.24) is 35.0 Å². The maximum Gasteiger partial charge on any atom is 0.191 e. The Kier molecular flexibility index (Phi) is 8.36. The summed E-state index contributed by atoms with van der Waals surface area (Å²) in [5.74, 6) is 1.29. The molecule has 1 aromatic carbocycles. The average molecular weight is 574 g/mol. The number of benzene rings is 1. The predicted octanol–water partition coefficient (Wildman–Crippen LogP) is 2.42. The third kappa shape index (κ3) is 5.42. The van der Waals surface area contributed by atoms with E-state index in [0.717, 1.165) is 11.5 Å². The van der Waals surface area contributed by atoms with Gasteiger partial charge in [-0.2, -0.15) is 10.4 Å². The van der Waals surface area contributed by atoms with Crippen molar-refractivity contribution in [2.24, 2.45) is 4.99 Å². The van der Waals surface area contributed by atoms with Crippen molar-refractivity contribution in [3.05, 3.63) is 71.6 Å². The fraction of sp³-hybridized carbons (Fsp3) is 0.227. The van der Waals surface area contributed by atoms with E-state index in [2.05, 4.69) is 37.0 Å². The van der Waals surface area contributed by atoms with Crippen molar-refractivity contribution in [2.45, 2.75) is 19.4 Å². The first kappa shape index (κ1) is 24.9. The number of guanidine groups is 1. The molecule has 4 rings (SSSR count). The number of hydrogen-bond acceptors (Lipinski definition) is 6. The van der Waals surface area contributed by atoms with Gasteiger partial charge in [-0.1, -0.05) is 6.07 Å². The number of nitrogens with zero attached hydrogens (tertiary/aromatic N) is 7. The number of nitrogens with one attached hydrogen (secondary N) is 2. The zero-order valence-electron chi connectivity index (χ0n) is 18.4. The molecular weight excluding hydrogens is 550 g/mol. The molecular formula is C22H24FIN10. The Hall–Kier alpha value is -3.73. The van der Waals surface area contributed by atoms with Crippen LogP contribution in [0.3, 0.4) is 0 Å². The van der Waals surface area contributed by atoms with Crippen LogP contribution in [0, 0.1) is 17.1 Å². The van der Waals surface area contributed by atoms with Gasteiger partial charge in [-0.25, -0.2) is 9.07 Å². The van der Waals surface area contributed by atoms with Crippen molar-refractivity contribution in [1.29, 1.82) is 5.26 Å². The largest absolute Gasteiger partial charge is 0.382 e. The molecule has 0 amide bonds. The summed E-state index contributed by atoms with van der Waals surface area (Å²) in [5.41, 5.74) is 8.42. The molecule has 0 aliphatic carbocycles. The lowest BCUT2D eigenvalue weighted by Gasteiger charge is -2.11. The third-order valence-electron chi connectivity index (χ3n) is 5.08. The van der Waals surface area contributed by atoms with Crippen LogP contribution < -0.4 is 16.4 Å². The molecule has 4 N–H and O–H groups in total. The Bertz CT molecular complexity index is 1320. The summed E-state index contributed by atoms with van der Waals surface area (Å²) in [6.45, 7) is 1.07. The van der Waals surface area contributed by atoms with Gasteiger partial charge in [-0.15, -0.1) is 34.2 Å². The lowest BCUT2D eigenvalue weighted by molar-refractivity contribution is 0.627. The number of anilines is 1. The molecule has 0 unspecified atom stereocenters. The summed E-state index contributed by atoms with van der Waals surface area (Å²) in [7, 11) is 1.69. The predicted molar refractivity (Wildman–Crippen MR) is 138 cm³/mol. The normalized spacial score (nSPS) is 11.1. The van der Waals surface area contributed by atoms with E-state index >= 15 is 0 Å². The first-order valence-corrected chi connectivity index (χ1v) is 10.4. The summed E-state index contributed by atoms with van der Waals surface area (Å²) in [4.78, 5) is 4.23. The summed E-state index contributed by atoms with van der Waals surface area (Å²) < 4.78 is 16.6. The molecule has 3 aromatic heterocycles. The average Bonchev–Trinajstić information content (AvgIpc) is 3.39. The van der Waals surface area contributed by atoms with Gasteiger partial charge in [0.1, 0.15) is 23.3 Å². The minimum atomic E-state index is -0.351. The van der Waals surface area contributed by atoms with E-state index in [4.69, 9.17) is 5.73 Å². The van der Waals surface area contributed by atoms with E-state index in [9.17, 15) is 9.65 Å². The van der Waals surface area contributed by atoms with Gasteiger partial charge in [0, 0.05) is 19.8 Å². The molecule has 12 heteroatoms. The zero-order valence-corrected chi connectivity index (χ0v) is 20.8. The Morgan fingerprint density at radius 2 is 1.97 bits per heavy atom. The highest BCUT2D eigenvalue weighted by Gasteiger charge is 2.16. The fourth-order valence-corrected chi connectivity index (χ4v) is 3.41. The molecule has 0 spiro atoms. The van der Waals surface area contributed by atoms with Gasteiger partial charge in [0.25, 0.3) is 0 Å². The van der Waals surface area contributed by atoms with Crippen LogP contribution in [0.4, 0.5) is 10.2 Å². The van der Waals surface area contributed by atoms with E-state index in [1.807, 2.05) is 28.8 Å². The number of aliphatic imine (C=N–C) groups is 1. The monoisotopic (exact) mass is 574 g/mol. The maximum absolute atomic E-state index is 13.2. The van der Waals surface area contributed by atoms with E-state index in [-0.39, 0.29) is 35.6 Å². The Balaban J connectivity index is 0.00000324. The van der Waals surface area contributed by atoms with E-state index in [1.165, 1.54) is 16.8 Å². The maximum atomic E-state index is 13.2. The molecule has 0 saturated carbocycles. The second kappa shape index (κ2) is 11.4. The lowest BCUT2D eigenvalue weighted by atomic mass is 10.1. The highest BCUT2D eigenvalue weighted by atomic mass is 127. The summed E-state index contributed by atoms with van der Waals surface area (Å²) in [5, 5.41) is 28.8. The first-order valence-electron chi connectivity index (χ1n) is 10.4. The van der Waals surface area contributed by atoms with E-state index in [0.29, 0.717) is 48.8 Å². The minimum absolute atomic E-state index is 0. The quantitative estimate of drug-likeness (QED) is 0.134. The number of rotatable bonds is 7. The van der Waals surface area contributed by atoms with Gasteiger partial charge in [0.05, 0.1) is 17.9 Å². The number of nitrogen functional groups attached to an aromatic ring is 1. The zero-order chi connectivity index (χ0) is 23.2. The Labute approximate surface area is 212 Å². The number of hydrogen-bond donors (Lipinski definition) is 3. The molecule has 10 nitrogen and oxygen atoms in total. The lowest BCUT2D eigenvalue weighted by Crippen LogP contribution is -2.37. The highest BCUT2D eigenvalue weighted by Crippen LogP contribution is 2.21. The van der Waals surface area contributed by atoms with Crippen molar-refractivity contribution in [3.63, 3.8) is 0 Å². The summed E-state index contributed by atoms with van der Waals surface area (Å²) in [6.07, 6.45) is 3.15. The molecule has 0 atom stereocenters. The first-order chi connectivity index (χ1) is 16.1. The van der Waals surface area contributed by atoms with Crippen LogP contribution in [0.1, 0.15) is 23.5 Å². The molecule has 0 fully saturated rings. The van der Waals surface area contributed by atoms with Crippen LogP contribution in [-0.4, -0.2) is 43.9 Å². The van der Waals surface area contributed by atoms with Crippen molar-refractivity contribution < 1.29 is 4.39 Å². The van der Waals surface area contributed by atoms with Gasteiger partial charge < -0.3 is 16.4 Å². The molecule has 0 radical (unpaired) electrons. The Morgan fingerprint density at radius 1 is 1.18 bits per heavy atom. The van der Waals surface area contributed by atoms with Gasteiger partial charge in [-0.05, 0) is 49.2 Å². The molecule has 0 aliphatic rings. The van der Waals surface area contributed by atoms with Crippen LogP contribution in [-0.2, 0) is 13.0 Å². The van der Waals surface area contributed by atoms with Gasteiger partial charge in [0.2, 0.25) is 0 Å². The fourth-order valence-electron chi connectivity index (χ4n) is 3.41. The molecule has 4 aromatic rings. The summed E-state index contributed by atoms with van der Waals surface area (Å²) >= 11 is 0. The minimum Gasteiger partial charge on any atom is -0.382 e. The standard InChI is InChI=1S/C22H23FN10.HI/c1-26-22(28-14-20-30-29-19-6-2-3-12-32(19)20)27-11-4-5-18-17(13-24)21(25)33(31-18)16-9-7-15(23)8-10-16;/h2-3,6-10,12H,4-5,11,14,25H2,1H3,(H2,26,27,28);1H. The van der Waals surface area contributed by atoms with Crippen LogP contribution in [0.15, 0.2) is 53.7 Å². The number of aryl methyl sites for hydroxylation is 1.